The Balaban J connectivity index is 1.90. The van der Waals surface area contributed by atoms with Crippen LogP contribution in [0.4, 0.5) is 23.0 Å². The maximum absolute atomic E-state index is 5.45. The Bertz CT molecular complexity index is 937. The molecule has 140 valence electrons. The number of aromatic nitrogens is 2. The minimum Gasteiger partial charge on any atom is -0.497 e. The number of para-hydroxylation sites is 1. The molecule has 27 heavy (non-hydrogen) atoms. The normalized spacial score (nSPS) is 10.4. The second-order valence-corrected chi connectivity index (χ2v) is 6.27. The van der Waals surface area contributed by atoms with Gasteiger partial charge in [0.25, 0.3) is 0 Å². The molecule has 0 aliphatic heterocycles. The van der Waals surface area contributed by atoms with Gasteiger partial charge in [-0.3, -0.25) is 0 Å². The van der Waals surface area contributed by atoms with E-state index in [1.54, 1.807) is 14.2 Å². The lowest BCUT2D eigenvalue weighted by atomic mass is 10.1. The topological polar surface area (TPSA) is 68.3 Å². The molecule has 6 nitrogen and oxygen atoms in total. The van der Waals surface area contributed by atoms with Crippen molar-refractivity contribution in [1.82, 2.24) is 9.97 Å². The van der Waals surface area contributed by atoms with E-state index in [1.165, 1.54) is 0 Å². The van der Waals surface area contributed by atoms with E-state index in [1.807, 2.05) is 37.3 Å². The first-order valence-corrected chi connectivity index (χ1v) is 8.68. The Morgan fingerprint density at radius 1 is 0.778 bits per heavy atom. The minimum atomic E-state index is 0.668. The quantitative estimate of drug-likeness (QED) is 0.648. The predicted molar refractivity (Wildman–Crippen MR) is 109 cm³/mol. The van der Waals surface area contributed by atoms with Crippen molar-refractivity contribution >= 4 is 23.0 Å². The molecule has 2 aromatic carbocycles. The van der Waals surface area contributed by atoms with Crippen molar-refractivity contribution in [3.05, 3.63) is 59.4 Å². The largest absolute Gasteiger partial charge is 0.497 e. The predicted octanol–water partition coefficient (Wildman–Crippen LogP) is 4.91. The number of hydrogen-bond donors (Lipinski definition) is 2. The average molecular weight is 364 g/mol. The van der Waals surface area contributed by atoms with Gasteiger partial charge in [-0.25, -0.2) is 9.97 Å². The molecule has 1 heterocycles. The van der Waals surface area contributed by atoms with Gasteiger partial charge in [-0.2, -0.15) is 0 Å². The van der Waals surface area contributed by atoms with Gasteiger partial charge < -0.3 is 20.1 Å². The van der Waals surface area contributed by atoms with Gasteiger partial charge in [0.2, 0.25) is 0 Å². The summed E-state index contributed by atoms with van der Waals surface area (Å²) in [6.07, 6.45) is 0. The second kappa shape index (κ2) is 7.95. The van der Waals surface area contributed by atoms with Crippen LogP contribution in [0.5, 0.6) is 11.5 Å². The van der Waals surface area contributed by atoms with Gasteiger partial charge >= 0.3 is 0 Å². The molecule has 0 aliphatic rings. The number of ether oxygens (including phenoxy) is 2. The fourth-order valence-corrected chi connectivity index (χ4v) is 2.88. The SMILES string of the molecule is COc1ccc(Nc2cc(Nc3c(C)cccc3C)nc(C)n2)c(OC)c1. The number of anilines is 4. The number of nitrogens with zero attached hydrogens (tertiary/aromatic N) is 2. The van der Waals surface area contributed by atoms with Gasteiger partial charge in [-0.05, 0) is 44.0 Å². The lowest BCUT2D eigenvalue weighted by Gasteiger charge is -2.15. The second-order valence-electron chi connectivity index (χ2n) is 6.27. The molecule has 0 saturated carbocycles. The molecule has 3 rings (SSSR count). The summed E-state index contributed by atoms with van der Waals surface area (Å²) in [4.78, 5) is 8.99. The molecule has 0 spiro atoms. The van der Waals surface area contributed by atoms with Crippen molar-refractivity contribution < 1.29 is 9.47 Å². The number of methoxy groups -OCH3 is 2. The molecular formula is C21H24N4O2. The first-order chi connectivity index (χ1) is 13.0. The third-order valence-electron chi connectivity index (χ3n) is 4.24. The summed E-state index contributed by atoms with van der Waals surface area (Å²) >= 11 is 0. The van der Waals surface area contributed by atoms with Gasteiger partial charge in [0.05, 0.1) is 19.9 Å². The average Bonchev–Trinajstić information content (AvgIpc) is 2.65. The summed E-state index contributed by atoms with van der Waals surface area (Å²) < 4.78 is 10.7. The highest BCUT2D eigenvalue weighted by atomic mass is 16.5. The Morgan fingerprint density at radius 2 is 1.44 bits per heavy atom. The summed E-state index contributed by atoms with van der Waals surface area (Å²) in [6.45, 7) is 6.02. The van der Waals surface area contributed by atoms with Crippen molar-refractivity contribution in [2.24, 2.45) is 0 Å². The maximum atomic E-state index is 5.45. The Morgan fingerprint density at radius 3 is 2.07 bits per heavy atom. The van der Waals surface area contributed by atoms with Crippen molar-refractivity contribution in [2.75, 3.05) is 24.9 Å². The van der Waals surface area contributed by atoms with Crippen LogP contribution in [-0.2, 0) is 0 Å². The standard InChI is InChI=1S/C21H24N4O2/c1-13-7-6-8-14(2)21(13)25-20-12-19(22-15(3)23-20)24-17-10-9-16(26-4)11-18(17)27-5/h6-12H,1-5H3,(H2,22,23,24,25). The minimum absolute atomic E-state index is 0.668. The molecule has 0 saturated heterocycles. The lowest BCUT2D eigenvalue weighted by Crippen LogP contribution is -2.04. The van der Waals surface area contributed by atoms with E-state index in [9.17, 15) is 0 Å². The van der Waals surface area contributed by atoms with Crippen LogP contribution >= 0.6 is 0 Å². The van der Waals surface area contributed by atoms with E-state index in [4.69, 9.17) is 9.47 Å². The van der Waals surface area contributed by atoms with Gasteiger partial charge in [0.1, 0.15) is 29.0 Å². The zero-order valence-electron chi connectivity index (χ0n) is 16.3. The number of aryl methyl sites for hydroxylation is 3. The summed E-state index contributed by atoms with van der Waals surface area (Å²) in [5.74, 6) is 3.49. The Hall–Kier alpha value is -3.28. The number of benzene rings is 2. The summed E-state index contributed by atoms with van der Waals surface area (Å²) in [6, 6.07) is 13.7. The van der Waals surface area contributed by atoms with Crippen LogP contribution in [0.15, 0.2) is 42.5 Å². The first kappa shape index (κ1) is 18.5. The van der Waals surface area contributed by atoms with Crippen LogP contribution in [0, 0.1) is 20.8 Å². The zero-order valence-corrected chi connectivity index (χ0v) is 16.3. The molecule has 2 N–H and O–H groups in total. The molecular weight excluding hydrogens is 340 g/mol. The van der Waals surface area contributed by atoms with Crippen LogP contribution in [0.2, 0.25) is 0 Å². The highest BCUT2D eigenvalue weighted by molar-refractivity contribution is 5.70. The van der Waals surface area contributed by atoms with Crippen LogP contribution in [-0.4, -0.2) is 24.2 Å². The molecule has 0 atom stereocenters. The highest BCUT2D eigenvalue weighted by Crippen LogP contribution is 2.32. The molecule has 6 heteroatoms. The summed E-state index contributed by atoms with van der Waals surface area (Å²) in [7, 11) is 3.25. The smallest absolute Gasteiger partial charge is 0.146 e. The van der Waals surface area contributed by atoms with Crippen molar-refractivity contribution in [3.63, 3.8) is 0 Å². The van der Waals surface area contributed by atoms with Crippen molar-refractivity contribution in [2.45, 2.75) is 20.8 Å². The Labute approximate surface area is 159 Å². The van der Waals surface area contributed by atoms with Crippen molar-refractivity contribution in [3.8, 4) is 11.5 Å². The van der Waals surface area contributed by atoms with Gasteiger partial charge in [-0.15, -0.1) is 0 Å². The molecule has 0 fully saturated rings. The van der Waals surface area contributed by atoms with Crippen LogP contribution < -0.4 is 20.1 Å². The van der Waals surface area contributed by atoms with E-state index >= 15 is 0 Å². The number of hydrogen-bond acceptors (Lipinski definition) is 6. The monoisotopic (exact) mass is 364 g/mol. The molecule has 0 bridgehead atoms. The molecule has 0 unspecified atom stereocenters. The van der Waals surface area contributed by atoms with E-state index in [0.29, 0.717) is 17.4 Å². The number of nitrogens with one attached hydrogen (secondary N) is 2. The fourth-order valence-electron chi connectivity index (χ4n) is 2.88. The molecule has 0 radical (unpaired) electrons. The fraction of sp³-hybridized carbons (Fsp3) is 0.238. The molecule has 1 aromatic heterocycles. The van der Waals surface area contributed by atoms with Crippen LogP contribution in [0.1, 0.15) is 17.0 Å². The molecule has 0 aliphatic carbocycles. The van der Waals surface area contributed by atoms with Gasteiger partial charge in [-0.1, -0.05) is 18.2 Å². The summed E-state index contributed by atoms with van der Waals surface area (Å²) in [5.41, 5.74) is 4.19. The van der Waals surface area contributed by atoms with Crippen LogP contribution in [0.3, 0.4) is 0 Å². The van der Waals surface area contributed by atoms with Gasteiger partial charge in [0.15, 0.2) is 0 Å². The lowest BCUT2D eigenvalue weighted by molar-refractivity contribution is 0.395. The first-order valence-electron chi connectivity index (χ1n) is 8.68. The van der Waals surface area contributed by atoms with E-state index in [0.717, 1.165) is 34.1 Å². The zero-order chi connectivity index (χ0) is 19.4. The van der Waals surface area contributed by atoms with E-state index in [2.05, 4.69) is 46.6 Å². The van der Waals surface area contributed by atoms with Crippen LogP contribution in [0.25, 0.3) is 0 Å². The number of rotatable bonds is 6. The highest BCUT2D eigenvalue weighted by Gasteiger charge is 2.09. The maximum Gasteiger partial charge on any atom is 0.146 e. The summed E-state index contributed by atoms with van der Waals surface area (Å²) in [5, 5.41) is 6.71. The molecule has 3 aromatic rings. The van der Waals surface area contributed by atoms with E-state index in [-0.39, 0.29) is 0 Å². The van der Waals surface area contributed by atoms with Crippen molar-refractivity contribution in [1.29, 1.82) is 0 Å². The molecule has 0 amide bonds. The third-order valence-corrected chi connectivity index (χ3v) is 4.24. The van der Waals surface area contributed by atoms with Gasteiger partial charge in [0, 0.05) is 17.8 Å². The Kier molecular flexibility index (Phi) is 5.45. The third kappa shape index (κ3) is 4.28. The van der Waals surface area contributed by atoms with E-state index < -0.39 is 0 Å².